The lowest BCUT2D eigenvalue weighted by Gasteiger charge is -2.30. The quantitative estimate of drug-likeness (QED) is 0.644. The smallest absolute Gasteiger partial charge is 0.410 e. The Kier molecular flexibility index (Phi) is 9.06. The minimum absolute atomic E-state index is 0.121. The van der Waals surface area contributed by atoms with Crippen molar-refractivity contribution in [3.63, 3.8) is 0 Å². The van der Waals surface area contributed by atoms with Crippen LogP contribution in [0.3, 0.4) is 0 Å². The molecule has 0 rings (SSSR count). The Bertz CT molecular complexity index is 320. The van der Waals surface area contributed by atoms with Crippen LogP contribution in [0, 0.1) is 11.8 Å². The van der Waals surface area contributed by atoms with Crippen LogP contribution >= 0.6 is 0 Å². The highest BCUT2D eigenvalue weighted by molar-refractivity contribution is 5.68. The largest absolute Gasteiger partial charge is 0.466 e. The standard InChI is InChI=1S/C16H31NO4/c1-11(2)17(12(3)4)16(19)21-10-14(6)8-13(5)9-20-15(7)18/h11-14H,8-10H2,1-7H3/t13-,14+/m0/s1. The van der Waals surface area contributed by atoms with Gasteiger partial charge < -0.3 is 14.4 Å². The van der Waals surface area contributed by atoms with Gasteiger partial charge in [-0.3, -0.25) is 4.79 Å². The van der Waals surface area contributed by atoms with Crippen LogP contribution in [0.4, 0.5) is 4.79 Å². The predicted molar refractivity (Wildman–Crippen MR) is 83.0 cm³/mol. The number of nitrogens with zero attached hydrogens (tertiary/aromatic N) is 1. The van der Waals surface area contributed by atoms with Gasteiger partial charge in [-0.25, -0.2) is 4.79 Å². The highest BCUT2D eigenvalue weighted by Crippen LogP contribution is 2.14. The van der Waals surface area contributed by atoms with E-state index in [9.17, 15) is 9.59 Å². The second kappa shape index (κ2) is 9.64. The molecule has 0 aliphatic carbocycles. The van der Waals surface area contributed by atoms with Crippen LogP contribution in [-0.4, -0.2) is 42.3 Å². The lowest BCUT2D eigenvalue weighted by Crippen LogP contribution is -2.42. The summed E-state index contributed by atoms with van der Waals surface area (Å²) in [6, 6.07) is 0.242. The molecule has 0 aromatic rings. The number of hydrogen-bond acceptors (Lipinski definition) is 4. The van der Waals surface area contributed by atoms with Crippen molar-refractivity contribution in [2.45, 2.75) is 67.0 Å². The van der Waals surface area contributed by atoms with Crippen molar-refractivity contribution in [3.8, 4) is 0 Å². The summed E-state index contributed by atoms with van der Waals surface area (Å²) in [6.07, 6.45) is 0.587. The molecule has 1 amide bonds. The molecule has 0 saturated carbocycles. The molecule has 0 spiro atoms. The van der Waals surface area contributed by atoms with Gasteiger partial charge in [0.25, 0.3) is 0 Å². The molecule has 5 heteroatoms. The minimum Gasteiger partial charge on any atom is -0.466 e. The summed E-state index contributed by atoms with van der Waals surface area (Å²) in [5.74, 6) is 0.236. The van der Waals surface area contributed by atoms with E-state index in [-0.39, 0.29) is 36.0 Å². The second-order valence-corrected chi connectivity index (χ2v) is 6.42. The fourth-order valence-electron chi connectivity index (χ4n) is 2.39. The molecule has 0 N–H and O–H groups in total. The maximum atomic E-state index is 12.1. The summed E-state index contributed by atoms with van der Waals surface area (Å²) in [4.78, 5) is 24.6. The third kappa shape index (κ3) is 8.58. The molecule has 0 unspecified atom stereocenters. The molecule has 0 heterocycles. The number of carbonyl (C=O) groups is 2. The lowest BCUT2D eigenvalue weighted by molar-refractivity contribution is -0.142. The van der Waals surface area contributed by atoms with E-state index in [2.05, 4.69) is 0 Å². The molecule has 0 aromatic heterocycles. The van der Waals surface area contributed by atoms with Crippen LogP contribution in [-0.2, 0) is 14.3 Å². The molecular weight excluding hydrogens is 270 g/mol. The van der Waals surface area contributed by atoms with Crippen LogP contribution in [0.25, 0.3) is 0 Å². The zero-order chi connectivity index (χ0) is 16.6. The summed E-state index contributed by atoms with van der Waals surface area (Å²) in [7, 11) is 0. The summed E-state index contributed by atoms with van der Waals surface area (Å²) in [5, 5.41) is 0. The Hall–Kier alpha value is -1.26. The zero-order valence-corrected chi connectivity index (χ0v) is 14.5. The first kappa shape index (κ1) is 19.7. The first-order chi connectivity index (χ1) is 9.65. The normalized spacial score (nSPS) is 14.0. The van der Waals surface area contributed by atoms with Gasteiger partial charge in [-0.05, 0) is 46.0 Å². The fraction of sp³-hybridized carbons (Fsp3) is 0.875. The molecule has 0 fully saturated rings. The van der Waals surface area contributed by atoms with Gasteiger partial charge in [-0.2, -0.15) is 0 Å². The molecule has 0 aliphatic heterocycles. The van der Waals surface area contributed by atoms with E-state index in [1.807, 2.05) is 41.5 Å². The molecule has 0 aliphatic rings. The van der Waals surface area contributed by atoms with Gasteiger partial charge >= 0.3 is 12.1 Å². The Labute approximate surface area is 129 Å². The van der Waals surface area contributed by atoms with E-state index in [1.165, 1.54) is 6.92 Å². The van der Waals surface area contributed by atoms with E-state index in [0.29, 0.717) is 13.2 Å². The van der Waals surface area contributed by atoms with Gasteiger partial charge in [0.15, 0.2) is 0 Å². The second-order valence-electron chi connectivity index (χ2n) is 6.42. The Morgan fingerprint density at radius 2 is 1.29 bits per heavy atom. The van der Waals surface area contributed by atoms with Gasteiger partial charge in [0, 0.05) is 19.0 Å². The summed E-state index contributed by atoms with van der Waals surface area (Å²) in [5.41, 5.74) is 0. The van der Waals surface area contributed by atoms with E-state index >= 15 is 0 Å². The van der Waals surface area contributed by atoms with E-state index in [1.54, 1.807) is 4.90 Å². The number of carbonyl (C=O) groups excluding carboxylic acids is 2. The van der Waals surface area contributed by atoms with E-state index in [0.717, 1.165) is 6.42 Å². The number of hydrogen-bond donors (Lipinski definition) is 0. The Balaban J connectivity index is 4.14. The molecule has 0 saturated heterocycles. The molecule has 0 radical (unpaired) electrons. The van der Waals surface area contributed by atoms with Gasteiger partial charge in [-0.1, -0.05) is 13.8 Å². The summed E-state index contributed by atoms with van der Waals surface area (Å²) in [6.45, 7) is 14.2. The van der Waals surface area contributed by atoms with Crippen molar-refractivity contribution < 1.29 is 19.1 Å². The average molecular weight is 301 g/mol. The van der Waals surface area contributed by atoms with Crippen LogP contribution < -0.4 is 0 Å². The van der Waals surface area contributed by atoms with Gasteiger partial charge in [0.05, 0.1) is 13.2 Å². The van der Waals surface area contributed by atoms with Crippen molar-refractivity contribution in [1.82, 2.24) is 4.90 Å². The predicted octanol–water partition coefficient (Wildman–Crippen LogP) is 3.47. The highest BCUT2D eigenvalue weighted by Gasteiger charge is 2.22. The Morgan fingerprint density at radius 3 is 1.67 bits per heavy atom. The van der Waals surface area contributed by atoms with Gasteiger partial charge in [0.2, 0.25) is 0 Å². The maximum absolute atomic E-state index is 12.1. The van der Waals surface area contributed by atoms with Crippen molar-refractivity contribution in [1.29, 1.82) is 0 Å². The lowest BCUT2D eigenvalue weighted by atomic mass is 9.99. The highest BCUT2D eigenvalue weighted by atomic mass is 16.6. The molecule has 124 valence electrons. The van der Waals surface area contributed by atoms with Crippen molar-refractivity contribution in [2.24, 2.45) is 11.8 Å². The molecule has 21 heavy (non-hydrogen) atoms. The van der Waals surface area contributed by atoms with Crippen molar-refractivity contribution in [3.05, 3.63) is 0 Å². The number of amides is 1. The molecular formula is C16H31NO4. The zero-order valence-electron chi connectivity index (χ0n) is 14.5. The average Bonchev–Trinajstić information content (AvgIpc) is 2.33. The minimum atomic E-state index is -0.264. The monoisotopic (exact) mass is 301 g/mol. The SMILES string of the molecule is CC(=O)OC[C@@H](C)C[C@@H](C)COC(=O)N(C(C)C)C(C)C. The number of esters is 1. The number of ether oxygens (including phenoxy) is 2. The number of rotatable bonds is 8. The van der Waals surface area contributed by atoms with Crippen molar-refractivity contribution >= 4 is 12.1 Å². The first-order valence-electron chi connectivity index (χ1n) is 7.73. The summed E-state index contributed by atoms with van der Waals surface area (Å²) < 4.78 is 10.4. The van der Waals surface area contributed by atoms with Crippen LogP contribution in [0.1, 0.15) is 54.9 Å². The molecule has 5 nitrogen and oxygen atoms in total. The van der Waals surface area contributed by atoms with Crippen molar-refractivity contribution in [2.75, 3.05) is 13.2 Å². The van der Waals surface area contributed by atoms with Gasteiger partial charge in [0.1, 0.15) is 0 Å². The van der Waals surface area contributed by atoms with Gasteiger partial charge in [-0.15, -0.1) is 0 Å². The Morgan fingerprint density at radius 1 is 0.857 bits per heavy atom. The topological polar surface area (TPSA) is 55.8 Å². The van der Waals surface area contributed by atoms with E-state index in [4.69, 9.17) is 9.47 Å². The van der Waals surface area contributed by atoms with E-state index < -0.39 is 0 Å². The maximum Gasteiger partial charge on any atom is 0.410 e. The van der Waals surface area contributed by atoms with Crippen LogP contribution in [0.5, 0.6) is 0 Å². The first-order valence-corrected chi connectivity index (χ1v) is 7.73. The fourth-order valence-corrected chi connectivity index (χ4v) is 2.39. The summed E-state index contributed by atoms with van der Waals surface area (Å²) >= 11 is 0. The third-order valence-corrected chi connectivity index (χ3v) is 3.19. The van der Waals surface area contributed by atoms with Crippen LogP contribution in [0.2, 0.25) is 0 Å². The molecule has 2 atom stereocenters. The van der Waals surface area contributed by atoms with Crippen LogP contribution in [0.15, 0.2) is 0 Å². The third-order valence-electron chi connectivity index (χ3n) is 3.19. The molecule has 0 bridgehead atoms. The molecule has 0 aromatic carbocycles.